The molecule has 0 unspecified atom stereocenters. The summed E-state index contributed by atoms with van der Waals surface area (Å²) in [5.41, 5.74) is 4.98. The van der Waals surface area contributed by atoms with E-state index in [0.29, 0.717) is 11.4 Å². The Morgan fingerprint density at radius 2 is 2.00 bits per heavy atom. The van der Waals surface area contributed by atoms with Crippen molar-refractivity contribution in [1.82, 2.24) is 14.9 Å². The van der Waals surface area contributed by atoms with Gasteiger partial charge in [0.2, 0.25) is 15.9 Å². The van der Waals surface area contributed by atoms with Crippen LogP contribution in [0, 0.1) is 13.8 Å². The van der Waals surface area contributed by atoms with Crippen molar-refractivity contribution in [2.75, 3.05) is 0 Å². The van der Waals surface area contributed by atoms with Crippen molar-refractivity contribution < 1.29 is 13.2 Å². The van der Waals surface area contributed by atoms with E-state index < -0.39 is 21.5 Å². The predicted molar refractivity (Wildman–Crippen MR) is 66.3 cm³/mol. The smallest absolute Gasteiger partial charge is 0.244 e. The number of H-pyrrole nitrogens is 1. The van der Waals surface area contributed by atoms with Gasteiger partial charge in [-0.2, -0.15) is 5.10 Å². The van der Waals surface area contributed by atoms with Gasteiger partial charge in [0.05, 0.1) is 11.4 Å². The second-order valence-corrected chi connectivity index (χ2v) is 6.51. The van der Waals surface area contributed by atoms with E-state index in [1.807, 2.05) is 0 Å². The number of nitrogens with zero attached hydrogens (tertiary/aromatic N) is 1. The van der Waals surface area contributed by atoms with E-state index >= 15 is 0 Å². The Labute approximate surface area is 106 Å². The predicted octanol–water partition coefficient (Wildman–Crippen LogP) is -0.0412. The quantitative estimate of drug-likeness (QED) is 0.698. The largest absolute Gasteiger partial charge is 0.370 e. The molecule has 0 fully saturated rings. The number of hydrogen-bond donors (Lipinski definition) is 3. The lowest BCUT2D eigenvalue weighted by molar-refractivity contribution is -0.119. The molecule has 0 radical (unpaired) electrons. The zero-order valence-corrected chi connectivity index (χ0v) is 11.7. The van der Waals surface area contributed by atoms with Gasteiger partial charge in [-0.05, 0) is 27.7 Å². The molecule has 0 aliphatic carbocycles. The maximum absolute atomic E-state index is 12.2. The molecule has 0 atom stereocenters. The van der Waals surface area contributed by atoms with Crippen LogP contribution < -0.4 is 10.5 Å². The van der Waals surface area contributed by atoms with Crippen molar-refractivity contribution in [3.8, 4) is 0 Å². The third-order valence-electron chi connectivity index (χ3n) is 2.36. The van der Waals surface area contributed by atoms with Gasteiger partial charge < -0.3 is 5.73 Å². The zero-order valence-electron chi connectivity index (χ0n) is 10.9. The Morgan fingerprint density at radius 3 is 2.39 bits per heavy atom. The summed E-state index contributed by atoms with van der Waals surface area (Å²) < 4.78 is 26.9. The second kappa shape index (κ2) is 4.69. The molecule has 1 amide bonds. The Morgan fingerprint density at radius 1 is 1.44 bits per heavy atom. The number of aromatic amines is 1. The van der Waals surface area contributed by atoms with Gasteiger partial charge in [0.25, 0.3) is 0 Å². The van der Waals surface area contributed by atoms with E-state index in [1.54, 1.807) is 27.7 Å². The molecule has 0 bridgehead atoms. The number of aryl methyl sites for hydroxylation is 2. The summed E-state index contributed by atoms with van der Waals surface area (Å²) in [6.45, 7) is 6.41. The Balaban J connectivity index is 3.07. The molecule has 1 aromatic heterocycles. The highest BCUT2D eigenvalue weighted by atomic mass is 32.2. The maximum atomic E-state index is 12.2. The normalized spacial score (nSPS) is 12.7. The van der Waals surface area contributed by atoms with Crippen LogP contribution in [0.5, 0.6) is 0 Å². The summed E-state index contributed by atoms with van der Waals surface area (Å²) >= 11 is 0. The van der Waals surface area contributed by atoms with E-state index in [1.165, 1.54) is 0 Å². The van der Waals surface area contributed by atoms with Crippen molar-refractivity contribution in [2.45, 2.75) is 44.6 Å². The standard InChI is InChI=1S/C10H18N4O3S/c1-6-9(7(2)13-12-6)18(16,17)14-10(3,4)5-8(11)15/h14H,5H2,1-4H3,(H2,11,15)(H,12,13). The molecule has 7 nitrogen and oxygen atoms in total. The van der Waals surface area contributed by atoms with Crippen LogP contribution in [0.15, 0.2) is 4.90 Å². The number of aromatic nitrogens is 2. The van der Waals surface area contributed by atoms with Crippen LogP contribution in [0.3, 0.4) is 0 Å². The highest BCUT2D eigenvalue weighted by Gasteiger charge is 2.30. The first-order chi connectivity index (χ1) is 8.05. The first-order valence-electron chi connectivity index (χ1n) is 5.39. The SMILES string of the molecule is Cc1n[nH]c(C)c1S(=O)(=O)NC(C)(C)CC(N)=O. The topological polar surface area (TPSA) is 118 Å². The van der Waals surface area contributed by atoms with Gasteiger partial charge in [-0.15, -0.1) is 0 Å². The van der Waals surface area contributed by atoms with Crippen molar-refractivity contribution in [3.63, 3.8) is 0 Å². The van der Waals surface area contributed by atoms with E-state index in [4.69, 9.17) is 5.73 Å². The molecule has 0 spiro atoms. The molecule has 4 N–H and O–H groups in total. The molecule has 1 aromatic rings. The van der Waals surface area contributed by atoms with Gasteiger partial charge in [-0.1, -0.05) is 0 Å². The van der Waals surface area contributed by atoms with Crippen LogP contribution in [0.1, 0.15) is 31.7 Å². The van der Waals surface area contributed by atoms with Crippen LogP contribution in [-0.2, 0) is 14.8 Å². The van der Waals surface area contributed by atoms with Crippen LogP contribution >= 0.6 is 0 Å². The lowest BCUT2D eigenvalue weighted by Crippen LogP contribution is -2.46. The molecule has 0 saturated heterocycles. The van der Waals surface area contributed by atoms with Gasteiger partial charge in [0, 0.05) is 12.0 Å². The molecule has 0 saturated carbocycles. The Bertz CT molecular complexity index is 540. The van der Waals surface area contributed by atoms with Crippen LogP contribution in [0.4, 0.5) is 0 Å². The molecule has 0 aromatic carbocycles. The molecular weight excluding hydrogens is 256 g/mol. The molecule has 0 aliphatic rings. The van der Waals surface area contributed by atoms with E-state index in [2.05, 4.69) is 14.9 Å². The third-order valence-corrected chi connectivity index (χ3v) is 4.32. The van der Waals surface area contributed by atoms with Gasteiger partial charge in [-0.3, -0.25) is 9.89 Å². The summed E-state index contributed by atoms with van der Waals surface area (Å²) in [5, 5.41) is 6.45. The maximum Gasteiger partial charge on any atom is 0.244 e. The number of amides is 1. The lowest BCUT2D eigenvalue weighted by Gasteiger charge is -2.24. The van der Waals surface area contributed by atoms with E-state index in [-0.39, 0.29) is 11.3 Å². The van der Waals surface area contributed by atoms with Gasteiger partial charge in [-0.25, -0.2) is 13.1 Å². The summed E-state index contributed by atoms with van der Waals surface area (Å²) in [7, 11) is -3.73. The zero-order chi connectivity index (χ0) is 14.1. The highest BCUT2D eigenvalue weighted by Crippen LogP contribution is 2.20. The average Bonchev–Trinajstić information content (AvgIpc) is 2.41. The highest BCUT2D eigenvalue weighted by molar-refractivity contribution is 7.89. The van der Waals surface area contributed by atoms with Crippen LogP contribution in [-0.4, -0.2) is 30.1 Å². The fourth-order valence-electron chi connectivity index (χ4n) is 1.82. The van der Waals surface area contributed by atoms with Gasteiger partial charge in [0.1, 0.15) is 4.90 Å². The minimum absolute atomic E-state index is 0.0812. The molecule has 102 valence electrons. The molecule has 0 aliphatic heterocycles. The van der Waals surface area contributed by atoms with Crippen molar-refractivity contribution in [1.29, 1.82) is 0 Å². The fraction of sp³-hybridized carbons (Fsp3) is 0.600. The number of primary amides is 1. The van der Waals surface area contributed by atoms with Crippen molar-refractivity contribution >= 4 is 15.9 Å². The molecule has 18 heavy (non-hydrogen) atoms. The Hall–Kier alpha value is -1.41. The first kappa shape index (κ1) is 14.7. The van der Waals surface area contributed by atoms with Crippen molar-refractivity contribution in [2.24, 2.45) is 5.73 Å². The minimum atomic E-state index is -3.73. The third kappa shape index (κ3) is 3.30. The average molecular weight is 274 g/mol. The summed E-state index contributed by atoms with van der Waals surface area (Å²) in [6.07, 6.45) is -0.0812. The van der Waals surface area contributed by atoms with Crippen molar-refractivity contribution in [3.05, 3.63) is 11.4 Å². The van der Waals surface area contributed by atoms with E-state index in [9.17, 15) is 13.2 Å². The molecule has 1 rings (SSSR count). The summed E-state index contributed by atoms with van der Waals surface area (Å²) in [4.78, 5) is 11.0. The Kier molecular flexibility index (Phi) is 3.82. The number of nitrogens with two attached hydrogens (primary N) is 1. The first-order valence-corrected chi connectivity index (χ1v) is 6.87. The number of sulfonamides is 1. The molecular formula is C10H18N4O3S. The van der Waals surface area contributed by atoms with E-state index in [0.717, 1.165) is 0 Å². The number of rotatable bonds is 5. The second-order valence-electron chi connectivity index (χ2n) is 4.90. The number of carbonyl (C=O) groups is 1. The van der Waals surface area contributed by atoms with Gasteiger partial charge >= 0.3 is 0 Å². The molecule has 1 heterocycles. The number of carbonyl (C=O) groups excluding carboxylic acids is 1. The minimum Gasteiger partial charge on any atom is -0.370 e. The number of nitrogens with one attached hydrogen (secondary N) is 2. The number of hydrogen-bond acceptors (Lipinski definition) is 4. The van der Waals surface area contributed by atoms with Gasteiger partial charge in [0.15, 0.2) is 0 Å². The van der Waals surface area contributed by atoms with Crippen LogP contribution in [0.25, 0.3) is 0 Å². The monoisotopic (exact) mass is 274 g/mol. The fourth-order valence-corrected chi connectivity index (χ4v) is 3.61. The lowest BCUT2D eigenvalue weighted by atomic mass is 10.0. The summed E-state index contributed by atoms with van der Waals surface area (Å²) in [5.74, 6) is -0.566. The van der Waals surface area contributed by atoms with Crippen LogP contribution in [0.2, 0.25) is 0 Å². The summed E-state index contributed by atoms with van der Waals surface area (Å²) in [6, 6.07) is 0. The molecule has 8 heteroatoms.